The largest absolute Gasteiger partial charge is 0.495 e. The van der Waals surface area contributed by atoms with E-state index < -0.39 is 0 Å². The summed E-state index contributed by atoms with van der Waals surface area (Å²) in [6, 6.07) is 4.97. The third-order valence-corrected chi connectivity index (χ3v) is 4.68. The predicted molar refractivity (Wildman–Crippen MR) is 103 cm³/mol. The summed E-state index contributed by atoms with van der Waals surface area (Å²) in [6.07, 6.45) is 3.85. The summed E-state index contributed by atoms with van der Waals surface area (Å²) >= 11 is 6.03. The van der Waals surface area contributed by atoms with Gasteiger partial charge in [0.25, 0.3) is 5.91 Å². The van der Waals surface area contributed by atoms with Crippen LogP contribution >= 0.6 is 11.6 Å². The second kappa shape index (κ2) is 7.84. The first-order valence-electron chi connectivity index (χ1n) is 8.47. The van der Waals surface area contributed by atoms with Crippen molar-refractivity contribution in [2.24, 2.45) is 0 Å². The fraction of sp³-hybridized carbons (Fsp3) is 0.316. The summed E-state index contributed by atoms with van der Waals surface area (Å²) in [4.78, 5) is 32.5. The quantitative estimate of drug-likeness (QED) is 0.876. The fourth-order valence-electron chi connectivity index (χ4n) is 3.10. The maximum atomic E-state index is 12.9. The van der Waals surface area contributed by atoms with Crippen molar-refractivity contribution < 1.29 is 14.3 Å². The van der Waals surface area contributed by atoms with Gasteiger partial charge in [0, 0.05) is 44.6 Å². The van der Waals surface area contributed by atoms with Crippen LogP contribution in [0, 0.1) is 0 Å². The first-order valence-corrected chi connectivity index (χ1v) is 8.85. The topological polar surface area (TPSA) is 74.8 Å². The molecule has 27 heavy (non-hydrogen) atoms. The van der Waals surface area contributed by atoms with Crippen LogP contribution in [0.1, 0.15) is 21.5 Å². The molecule has 0 saturated heterocycles. The summed E-state index contributed by atoms with van der Waals surface area (Å²) in [5.74, 6) is 0.237. The van der Waals surface area contributed by atoms with Gasteiger partial charge in [0.2, 0.25) is 0 Å². The fourth-order valence-corrected chi connectivity index (χ4v) is 3.27. The van der Waals surface area contributed by atoms with Gasteiger partial charge in [-0.15, -0.1) is 0 Å². The van der Waals surface area contributed by atoms with Crippen molar-refractivity contribution in [3.63, 3.8) is 0 Å². The molecule has 1 aliphatic heterocycles. The van der Waals surface area contributed by atoms with Gasteiger partial charge >= 0.3 is 6.03 Å². The van der Waals surface area contributed by atoms with E-state index in [0.717, 1.165) is 11.1 Å². The van der Waals surface area contributed by atoms with Crippen molar-refractivity contribution in [3.8, 4) is 5.75 Å². The van der Waals surface area contributed by atoms with Crippen molar-refractivity contribution in [1.29, 1.82) is 0 Å². The number of fused-ring (bicyclic) bond motifs is 1. The molecule has 3 rings (SSSR count). The van der Waals surface area contributed by atoms with Gasteiger partial charge in [-0.3, -0.25) is 9.78 Å². The van der Waals surface area contributed by atoms with Gasteiger partial charge in [-0.2, -0.15) is 0 Å². The third kappa shape index (κ3) is 3.98. The van der Waals surface area contributed by atoms with Crippen LogP contribution in [0.15, 0.2) is 30.6 Å². The Balaban J connectivity index is 1.85. The number of hydrogen-bond acceptors (Lipinski definition) is 4. The van der Waals surface area contributed by atoms with Gasteiger partial charge in [0.05, 0.1) is 18.4 Å². The highest BCUT2D eigenvalue weighted by Crippen LogP contribution is 2.29. The Morgan fingerprint density at radius 2 is 2.07 bits per heavy atom. The number of benzene rings is 1. The number of carbonyl (C=O) groups is 2. The molecule has 1 aliphatic rings. The van der Waals surface area contributed by atoms with Gasteiger partial charge in [-0.05, 0) is 35.7 Å². The van der Waals surface area contributed by atoms with Gasteiger partial charge in [-0.25, -0.2) is 4.79 Å². The molecule has 0 atom stereocenters. The molecule has 1 aromatic heterocycles. The molecule has 3 amide bonds. The Hall–Kier alpha value is -2.80. The summed E-state index contributed by atoms with van der Waals surface area (Å²) in [5, 5.41) is 3.34. The molecule has 0 bridgehead atoms. The van der Waals surface area contributed by atoms with Gasteiger partial charge < -0.3 is 19.9 Å². The molecule has 2 heterocycles. The van der Waals surface area contributed by atoms with Crippen molar-refractivity contribution in [3.05, 3.63) is 52.3 Å². The van der Waals surface area contributed by atoms with Crippen molar-refractivity contribution in [2.45, 2.75) is 13.0 Å². The van der Waals surface area contributed by atoms with Gasteiger partial charge in [-0.1, -0.05) is 11.6 Å². The van der Waals surface area contributed by atoms with Crippen molar-refractivity contribution in [2.75, 3.05) is 33.1 Å². The van der Waals surface area contributed by atoms with E-state index in [1.807, 2.05) is 0 Å². The number of nitrogens with one attached hydrogen (secondary N) is 1. The molecule has 2 aromatic rings. The van der Waals surface area contributed by atoms with E-state index in [0.29, 0.717) is 41.5 Å². The Bertz CT molecular complexity index is 885. The number of amides is 3. The summed E-state index contributed by atoms with van der Waals surface area (Å²) in [5.41, 5.74) is 2.77. The molecule has 0 radical (unpaired) electrons. The van der Waals surface area contributed by atoms with Crippen LogP contribution in [0.3, 0.4) is 0 Å². The predicted octanol–water partition coefficient (Wildman–Crippen LogP) is 3.04. The summed E-state index contributed by atoms with van der Waals surface area (Å²) in [6.45, 7) is 0.982. The molecule has 0 fully saturated rings. The summed E-state index contributed by atoms with van der Waals surface area (Å²) in [7, 11) is 4.97. The zero-order valence-electron chi connectivity index (χ0n) is 15.5. The average Bonchev–Trinajstić information content (AvgIpc) is 2.66. The molecule has 8 heteroatoms. The third-order valence-electron chi connectivity index (χ3n) is 4.45. The van der Waals surface area contributed by atoms with Crippen LogP contribution in [0.4, 0.5) is 10.5 Å². The normalized spacial score (nSPS) is 13.0. The van der Waals surface area contributed by atoms with Gasteiger partial charge in [0.15, 0.2) is 0 Å². The molecular weight excluding hydrogens is 368 g/mol. The second-order valence-corrected chi connectivity index (χ2v) is 6.91. The molecular formula is C19H21ClN4O3. The van der Waals surface area contributed by atoms with Crippen LogP contribution in [0.2, 0.25) is 5.02 Å². The van der Waals surface area contributed by atoms with Gasteiger partial charge in [0.1, 0.15) is 5.75 Å². The lowest BCUT2D eigenvalue weighted by molar-refractivity contribution is 0.102. The van der Waals surface area contributed by atoms with Crippen LogP contribution < -0.4 is 10.1 Å². The monoisotopic (exact) mass is 388 g/mol. The lowest BCUT2D eigenvalue weighted by atomic mass is 9.96. The number of nitrogens with zero attached hydrogens (tertiary/aromatic N) is 3. The van der Waals surface area contributed by atoms with E-state index >= 15 is 0 Å². The number of anilines is 1. The minimum atomic E-state index is -0.285. The van der Waals surface area contributed by atoms with E-state index in [4.69, 9.17) is 16.3 Å². The average molecular weight is 389 g/mol. The Morgan fingerprint density at radius 1 is 1.30 bits per heavy atom. The van der Waals surface area contributed by atoms with Crippen molar-refractivity contribution >= 4 is 29.2 Å². The molecule has 0 aliphatic carbocycles. The molecule has 1 aromatic carbocycles. The SMILES string of the molecule is COc1ccc(Cl)cc1NC(=O)c1cncc2c1CCN(C(=O)N(C)C)C2. The number of halogens is 1. The number of rotatable bonds is 3. The number of aromatic nitrogens is 1. The molecule has 0 unspecified atom stereocenters. The zero-order chi connectivity index (χ0) is 19.6. The first kappa shape index (κ1) is 19.0. The Labute approximate surface area is 162 Å². The maximum Gasteiger partial charge on any atom is 0.319 e. The standard InChI is InChI=1S/C19H21ClN4O3/c1-23(2)19(26)24-7-6-14-12(11-24)9-21-10-15(14)18(25)22-16-8-13(20)4-5-17(16)27-3/h4-5,8-10H,6-7,11H2,1-3H3,(H,22,25). The number of pyridine rings is 1. The summed E-state index contributed by atoms with van der Waals surface area (Å²) < 4.78 is 5.27. The van der Waals surface area contributed by atoms with Crippen LogP contribution in [-0.4, -0.2) is 54.5 Å². The van der Waals surface area contributed by atoms with E-state index in [-0.39, 0.29) is 11.9 Å². The Kier molecular flexibility index (Phi) is 5.51. The highest BCUT2D eigenvalue weighted by atomic mass is 35.5. The van der Waals surface area contributed by atoms with E-state index in [9.17, 15) is 9.59 Å². The minimum Gasteiger partial charge on any atom is -0.495 e. The lowest BCUT2D eigenvalue weighted by Gasteiger charge is -2.31. The molecule has 0 saturated carbocycles. The number of methoxy groups -OCH3 is 1. The van der Waals surface area contributed by atoms with E-state index in [2.05, 4.69) is 10.3 Å². The number of carbonyl (C=O) groups excluding carboxylic acids is 2. The van der Waals surface area contributed by atoms with Crippen LogP contribution in [0.5, 0.6) is 5.75 Å². The molecule has 0 spiro atoms. The highest BCUT2D eigenvalue weighted by Gasteiger charge is 2.26. The number of urea groups is 1. The van der Waals surface area contributed by atoms with Crippen LogP contribution in [-0.2, 0) is 13.0 Å². The lowest BCUT2D eigenvalue weighted by Crippen LogP contribution is -2.42. The second-order valence-electron chi connectivity index (χ2n) is 6.47. The van der Waals surface area contributed by atoms with Crippen LogP contribution in [0.25, 0.3) is 0 Å². The highest BCUT2D eigenvalue weighted by molar-refractivity contribution is 6.31. The number of hydrogen-bond donors (Lipinski definition) is 1. The maximum absolute atomic E-state index is 12.9. The smallest absolute Gasteiger partial charge is 0.319 e. The van der Waals surface area contributed by atoms with Crippen molar-refractivity contribution in [1.82, 2.24) is 14.8 Å². The van der Waals surface area contributed by atoms with E-state index in [1.165, 1.54) is 7.11 Å². The number of ether oxygens (including phenoxy) is 1. The zero-order valence-corrected chi connectivity index (χ0v) is 16.2. The Morgan fingerprint density at radius 3 is 2.78 bits per heavy atom. The molecule has 142 valence electrons. The molecule has 7 nitrogen and oxygen atoms in total. The van der Waals surface area contributed by atoms with E-state index in [1.54, 1.807) is 54.5 Å². The molecule has 1 N–H and O–H groups in total. The first-order chi connectivity index (χ1) is 12.9. The minimum absolute atomic E-state index is 0.0563.